The normalized spacial score (nSPS) is 11.9. The van der Waals surface area contributed by atoms with E-state index in [0.717, 1.165) is 6.42 Å². The maximum Gasteiger partial charge on any atom is 0.245 e. The number of aliphatic hydroxyl groups excluding tert-OH is 1. The Bertz CT molecular complexity index is 469. The standard InChI is InChI=1S/C10H20N4O3S/c1-2-6-14-8-9(10(11)13-14)18(16,17)12-5-3-4-7-15/h8,12,15H,2-7H2,1H3,(H2,11,13). The van der Waals surface area contributed by atoms with Crippen molar-refractivity contribution in [3.8, 4) is 0 Å². The fourth-order valence-corrected chi connectivity index (χ4v) is 2.63. The van der Waals surface area contributed by atoms with Gasteiger partial charge in [0, 0.05) is 25.9 Å². The van der Waals surface area contributed by atoms with Crippen LogP contribution in [0.3, 0.4) is 0 Å². The van der Waals surface area contributed by atoms with E-state index in [-0.39, 0.29) is 23.9 Å². The number of sulfonamides is 1. The highest BCUT2D eigenvalue weighted by Crippen LogP contribution is 2.16. The third-order valence-corrected chi connectivity index (χ3v) is 3.85. The summed E-state index contributed by atoms with van der Waals surface area (Å²) in [6, 6.07) is 0. The Morgan fingerprint density at radius 1 is 1.50 bits per heavy atom. The van der Waals surface area contributed by atoms with Crippen LogP contribution in [0.1, 0.15) is 26.2 Å². The van der Waals surface area contributed by atoms with Crippen molar-refractivity contribution in [1.29, 1.82) is 0 Å². The summed E-state index contributed by atoms with van der Waals surface area (Å²) >= 11 is 0. The van der Waals surface area contributed by atoms with E-state index in [1.54, 1.807) is 0 Å². The molecule has 8 heteroatoms. The Kier molecular flexibility index (Phi) is 5.57. The predicted octanol–water partition coefficient (Wildman–Crippen LogP) is -0.0739. The Balaban J connectivity index is 2.72. The maximum absolute atomic E-state index is 11.9. The molecule has 0 radical (unpaired) electrons. The van der Waals surface area contributed by atoms with Gasteiger partial charge in [-0.2, -0.15) is 5.10 Å². The molecular formula is C10H20N4O3S. The molecule has 1 aromatic heterocycles. The molecule has 0 amide bonds. The summed E-state index contributed by atoms with van der Waals surface area (Å²) < 4.78 is 27.8. The number of nitrogens with zero attached hydrogens (tertiary/aromatic N) is 2. The average Bonchev–Trinajstić information content (AvgIpc) is 2.67. The van der Waals surface area contributed by atoms with Gasteiger partial charge >= 0.3 is 0 Å². The number of nitrogen functional groups attached to an aromatic ring is 1. The van der Waals surface area contributed by atoms with E-state index in [2.05, 4.69) is 9.82 Å². The molecular weight excluding hydrogens is 256 g/mol. The molecule has 0 saturated heterocycles. The first-order valence-electron chi connectivity index (χ1n) is 5.94. The molecule has 1 aromatic rings. The fourth-order valence-electron chi connectivity index (χ4n) is 1.49. The second-order valence-corrected chi connectivity index (χ2v) is 5.71. The highest BCUT2D eigenvalue weighted by molar-refractivity contribution is 7.89. The van der Waals surface area contributed by atoms with Gasteiger partial charge in [0.1, 0.15) is 4.90 Å². The SMILES string of the molecule is CCCn1cc(S(=O)(=O)NCCCCO)c(N)n1. The lowest BCUT2D eigenvalue weighted by Crippen LogP contribution is -2.25. The molecule has 1 rings (SSSR count). The molecule has 0 fully saturated rings. The second-order valence-electron chi connectivity index (χ2n) is 3.97. The van der Waals surface area contributed by atoms with Gasteiger partial charge in [0.25, 0.3) is 0 Å². The first-order chi connectivity index (χ1) is 8.51. The zero-order valence-electron chi connectivity index (χ0n) is 10.5. The van der Waals surface area contributed by atoms with Crippen LogP contribution in [0.2, 0.25) is 0 Å². The van der Waals surface area contributed by atoms with Crippen LogP contribution in [0.5, 0.6) is 0 Å². The third-order valence-electron chi connectivity index (χ3n) is 2.37. The van der Waals surface area contributed by atoms with Crippen LogP contribution in [0.25, 0.3) is 0 Å². The lowest BCUT2D eigenvalue weighted by molar-refractivity contribution is 0.285. The van der Waals surface area contributed by atoms with E-state index in [1.807, 2.05) is 6.92 Å². The van der Waals surface area contributed by atoms with E-state index in [9.17, 15) is 8.42 Å². The molecule has 0 aromatic carbocycles. The minimum atomic E-state index is -3.61. The Hall–Kier alpha value is -1.12. The molecule has 0 spiro atoms. The van der Waals surface area contributed by atoms with Gasteiger partial charge in [-0.3, -0.25) is 4.68 Å². The van der Waals surface area contributed by atoms with Crippen LogP contribution in [0, 0.1) is 0 Å². The summed E-state index contributed by atoms with van der Waals surface area (Å²) in [5, 5.41) is 12.6. The number of anilines is 1. The van der Waals surface area contributed by atoms with Crippen molar-refractivity contribution in [1.82, 2.24) is 14.5 Å². The van der Waals surface area contributed by atoms with Gasteiger partial charge in [0.15, 0.2) is 5.82 Å². The molecule has 0 aliphatic rings. The third kappa shape index (κ3) is 3.97. The molecule has 18 heavy (non-hydrogen) atoms. The number of nitrogens with two attached hydrogens (primary N) is 1. The van der Waals surface area contributed by atoms with Crippen LogP contribution in [0.4, 0.5) is 5.82 Å². The molecule has 0 saturated carbocycles. The van der Waals surface area contributed by atoms with Gasteiger partial charge in [-0.05, 0) is 19.3 Å². The lowest BCUT2D eigenvalue weighted by atomic mass is 10.3. The van der Waals surface area contributed by atoms with Gasteiger partial charge < -0.3 is 10.8 Å². The van der Waals surface area contributed by atoms with Crippen molar-refractivity contribution in [3.63, 3.8) is 0 Å². The van der Waals surface area contributed by atoms with Crippen molar-refractivity contribution in [2.75, 3.05) is 18.9 Å². The second kappa shape index (κ2) is 6.72. The minimum absolute atomic E-state index is 0.0121. The number of hydrogen-bond acceptors (Lipinski definition) is 5. The molecule has 0 bridgehead atoms. The Labute approximate surface area is 107 Å². The number of hydrogen-bond donors (Lipinski definition) is 3. The first-order valence-corrected chi connectivity index (χ1v) is 7.43. The van der Waals surface area contributed by atoms with Crippen LogP contribution < -0.4 is 10.5 Å². The summed E-state index contributed by atoms with van der Waals surface area (Å²) in [7, 11) is -3.61. The highest BCUT2D eigenvalue weighted by Gasteiger charge is 2.20. The number of aromatic nitrogens is 2. The monoisotopic (exact) mass is 276 g/mol. The van der Waals surface area contributed by atoms with E-state index >= 15 is 0 Å². The zero-order valence-corrected chi connectivity index (χ0v) is 11.3. The zero-order chi connectivity index (χ0) is 13.6. The number of unbranched alkanes of at least 4 members (excludes halogenated alkanes) is 1. The highest BCUT2D eigenvalue weighted by atomic mass is 32.2. The van der Waals surface area contributed by atoms with Crippen molar-refractivity contribution in [3.05, 3.63) is 6.20 Å². The summed E-state index contributed by atoms with van der Waals surface area (Å²) in [5.41, 5.74) is 5.60. The molecule has 0 aliphatic heterocycles. The fraction of sp³-hybridized carbons (Fsp3) is 0.700. The van der Waals surface area contributed by atoms with Crippen molar-refractivity contribution in [2.45, 2.75) is 37.6 Å². The van der Waals surface area contributed by atoms with Crippen LogP contribution in [-0.4, -0.2) is 36.5 Å². The van der Waals surface area contributed by atoms with E-state index in [1.165, 1.54) is 10.9 Å². The molecule has 104 valence electrons. The molecule has 0 unspecified atom stereocenters. The Morgan fingerprint density at radius 2 is 2.22 bits per heavy atom. The number of nitrogens with one attached hydrogen (secondary N) is 1. The number of aliphatic hydroxyl groups is 1. The Morgan fingerprint density at radius 3 is 2.83 bits per heavy atom. The summed E-state index contributed by atoms with van der Waals surface area (Å²) in [6.45, 7) is 2.93. The van der Waals surface area contributed by atoms with Crippen LogP contribution >= 0.6 is 0 Å². The van der Waals surface area contributed by atoms with E-state index in [0.29, 0.717) is 19.4 Å². The minimum Gasteiger partial charge on any atom is -0.396 e. The number of aryl methyl sites for hydroxylation is 1. The molecule has 0 atom stereocenters. The quantitative estimate of drug-likeness (QED) is 0.575. The van der Waals surface area contributed by atoms with Crippen molar-refractivity contribution in [2.24, 2.45) is 0 Å². The smallest absolute Gasteiger partial charge is 0.245 e. The number of rotatable bonds is 8. The summed E-state index contributed by atoms with van der Waals surface area (Å²) in [4.78, 5) is 0.0138. The van der Waals surface area contributed by atoms with Crippen LogP contribution in [0.15, 0.2) is 11.1 Å². The summed E-state index contributed by atoms with van der Waals surface area (Å²) in [6.07, 6.45) is 3.43. The topological polar surface area (TPSA) is 110 Å². The molecule has 0 aliphatic carbocycles. The van der Waals surface area contributed by atoms with Gasteiger partial charge in [-0.25, -0.2) is 13.1 Å². The van der Waals surface area contributed by atoms with Crippen molar-refractivity contribution >= 4 is 15.8 Å². The largest absolute Gasteiger partial charge is 0.396 e. The molecule has 7 nitrogen and oxygen atoms in total. The van der Waals surface area contributed by atoms with Crippen LogP contribution in [-0.2, 0) is 16.6 Å². The summed E-state index contributed by atoms with van der Waals surface area (Å²) in [5.74, 6) is 0.0121. The first kappa shape index (κ1) is 14.9. The van der Waals surface area contributed by atoms with Gasteiger partial charge in [0.05, 0.1) is 0 Å². The predicted molar refractivity (Wildman–Crippen MR) is 68.4 cm³/mol. The molecule has 1 heterocycles. The average molecular weight is 276 g/mol. The van der Waals surface area contributed by atoms with E-state index in [4.69, 9.17) is 10.8 Å². The lowest BCUT2D eigenvalue weighted by Gasteiger charge is -2.04. The van der Waals surface area contributed by atoms with Gasteiger partial charge in [0.2, 0.25) is 10.0 Å². The van der Waals surface area contributed by atoms with Gasteiger partial charge in [-0.15, -0.1) is 0 Å². The van der Waals surface area contributed by atoms with Crippen molar-refractivity contribution < 1.29 is 13.5 Å². The van der Waals surface area contributed by atoms with Gasteiger partial charge in [-0.1, -0.05) is 6.92 Å². The van der Waals surface area contributed by atoms with E-state index < -0.39 is 10.0 Å². The molecule has 4 N–H and O–H groups in total. The maximum atomic E-state index is 11.9.